The van der Waals surface area contributed by atoms with E-state index in [1.807, 2.05) is 6.07 Å². The summed E-state index contributed by atoms with van der Waals surface area (Å²) in [6.45, 7) is 1.20. The molecule has 0 spiro atoms. The lowest BCUT2D eigenvalue weighted by Gasteiger charge is -2.17. The number of rotatable bonds is 1. The summed E-state index contributed by atoms with van der Waals surface area (Å²) in [5.41, 5.74) is 9.61. The maximum atomic E-state index is 6.37. The number of hydrogen-bond donors (Lipinski definition) is 1. The Morgan fingerprint density at radius 1 is 1.04 bits per heavy atom. The Kier molecular flexibility index (Phi) is 3.34. The molecule has 4 aromatic rings. The van der Waals surface area contributed by atoms with E-state index in [1.165, 1.54) is 21.9 Å². The van der Waals surface area contributed by atoms with Gasteiger partial charge < -0.3 is 32.4 Å². The van der Waals surface area contributed by atoms with Gasteiger partial charge in [-0.2, -0.15) is 4.57 Å². The van der Waals surface area contributed by atoms with Crippen LogP contribution in [0.5, 0.6) is 17.2 Å². The second kappa shape index (κ2) is 5.54. The first-order chi connectivity index (χ1) is 12.8. The minimum atomic E-state index is 0. The Morgan fingerprint density at radius 2 is 1.85 bits per heavy atom. The van der Waals surface area contributed by atoms with E-state index in [0.717, 1.165) is 40.6 Å². The standard InChI is InChI=1S/C21H16N2O3.ClH/c1-24-16-5-4-12-13-2-3-14-18-11(8-17-21(14)26-10-25-17)6-7-23(20(13)18)9-15(12)19(16)22;/h2-5,8-9,22H,6-7,10H2,1H3;1H. The molecule has 0 bridgehead atoms. The van der Waals surface area contributed by atoms with Crippen molar-refractivity contribution in [3.63, 3.8) is 0 Å². The number of nitrogens with zero attached hydrogens (tertiary/aromatic N) is 1. The largest absolute Gasteiger partial charge is 1.00 e. The van der Waals surface area contributed by atoms with E-state index in [2.05, 4.69) is 35.0 Å². The first-order valence-corrected chi connectivity index (χ1v) is 8.73. The molecule has 6 rings (SSSR count). The van der Waals surface area contributed by atoms with Gasteiger partial charge >= 0.3 is 0 Å². The molecule has 3 aromatic carbocycles. The molecule has 1 aromatic heterocycles. The number of benzene rings is 3. The van der Waals surface area contributed by atoms with Crippen molar-refractivity contribution >= 4 is 38.1 Å². The second-order valence-electron chi connectivity index (χ2n) is 6.87. The van der Waals surface area contributed by atoms with E-state index in [-0.39, 0.29) is 12.4 Å². The van der Waals surface area contributed by atoms with Crippen LogP contribution in [0.3, 0.4) is 0 Å². The third-order valence-corrected chi connectivity index (χ3v) is 5.64. The third-order valence-electron chi connectivity index (χ3n) is 5.64. The van der Waals surface area contributed by atoms with Gasteiger partial charge in [-0.05, 0) is 35.9 Å². The smallest absolute Gasteiger partial charge is 0.231 e. The Bertz CT molecular complexity index is 1270. The molecule has 0 atom stereocenters. The molecule has 0 saturated carbocycles. The number of aromatic nitrogens is 1. The highest BCUT2D eigenvalue weighted by Crippen LogP contribution is 2.45. The van der Waals surface area contributed by atoms with Gasteiger partial charge in [-0.25, -0.2) is 0 Å². The van der Waals surface area contributed by atoms with Gasteiger partial charge in [-0.1, -0.05) is 0 Å². The highest BCUT2D eigenvalue weighted by atomic mass is 35.5. The normalized spacial score (nSPS) is 14.1. The van der Waals surface area contributed by atoms with Gasteiger partial charge in [0.1, 0.15) is 5.75 Å². The molecule has 2 N–H and O–H groups in total. The van der Waals surface area contributed by atoms with Crippen LogP contribution in [0, 0.1) is 0 Å². The number of halogens is 1. The fourth-order valence-electron chi connectivity index (χ4n) is 4.46. The highest BCUT2D eigenvalue weighted by Gasteiger charge is 2.29. The zero-order valence-electron chi connectivity index (χ0n) is 14.7. The third kappa shape index (κ3) is 1.97. The molecule has 0 unspecified atom stereocenters. The number of anilines is 1. The number of nitrogens with two attached hydrogens (primary N) is 1. The van der Waals surface area contributed by atoms with Crippen LogP contribution in [-0.2, 0) is 13.0 Å². The van der Waals surface area contributed by atoms with E-state index < -0.39 is 0 Å². The minimum Gasteiger partial charge on any atom is -1.00 e. The molecule has 3 heterocycles. The lowest BCUT2D eigenvalue weighted by atomic mass is 9.93. The Balaban J connectivity index is 0.00000160. The minimum absolute atomic E-state index is 0. The molecule has 2 aliphatic heterocycles. The van der Waals surface area contributed by atoms with Gasteiger partial charge in [0.2, 0.25) is 12.3 Å². The summed E-state index contributed by atoms with van der Waals surface area (Å²) in [6.07, 6.45) is 3.11. The predicted octanol–water partition coefficient (Wildman–Crippen LogP) is 0.313. The van der Waals surface area contributed by atoms with Crippen LogP contribution >= 0.6 is 0 Å². The van der Waals surface area contributed by atoms with E-state index in [9.17, 15) is 0 Å². The molecule has 0 saturated heterocycles. The summed E-state index contributed by atoms with van der Waals surface area (Å²) >= 11 is 0. The number of aryl methyl sites for hydroxylation is 2. The topological polar surface area (TPSA) is 57.6 Å². The van der Waals surface area contributed by atoms with E-state index in [1.54, 1.807) is 7.11 Å². The average Bonchev–Trinajstić information content (AvgIpc) is 3.14. The number of fused-ring (bicyclic) bond motifs is 4. The molecular formula is C21H17ClN2O3. The quantitative estimate of drug-likeness (QED) is 0.293. The van der Waals surface area contributed by atoms with Crippen molar-refractivity contribution in [2.24, 2.45) is 0 Å². The molecule has 0 amide bonds. The molecule has 0 aliphatic carbocycles. The molecule has 0 radical (unpaired) electrons. The monoisotopic (exact) mass is 380 g/mol. The molecule has 6 heteroatoms. The van der Waals surface area contributed by atoms with Crippen LogP contribution in [0.2, 0.25) is 0 Å². The van der Waals surface area contributed by atoms with Gasteiger partial charge in [-0.3, -0.25) is 0 Å². The fraction of sp³-hybridized carbons (Fsp3) is 0.190. The zero-order chi connectivity index (χ0) is 17.4. The van der Waals surface area contributed by atoms with Crippen molar-refractivity contribution in [1.29, 1.82) is 0 Å². The summed E-state index contributed by atoms with van der Waals surface area (Å²) in [6, 6.07) is 10.5. The molecule has 0 fully saturated rings. The molecular weight excluding hydrogens is 364 g/mol. The molecule has 2 aliphatic rings. The van der Waals surface area contributed by atoms with Crippen LogP contribution in [0.4, 0.5) is 5.69 Å². The Hall–Kier alpha value is -2.92. The van der Waals surface area contributed by atoms with Crippen LogP contribution < -0.4 is 36.9 Å². The summed E-state index contributed by atoms with van der Waals surface area (Å²) in [7, 11) is 1.65. The fourth-order valence-corrected chi connectivity index (χ4v) is 4.46. The summed E-state index contributed by atoms with van der Waals surface area (Å²) in [5, 5.41) is 5.75. The summed E-state index contributed by atoms with van der Waals surface area (Å²) in [5.74, 6) is 2.42. The highest BCUT2D eigenvalue weighted by molar-refractivity contribution is 6.18. The van der Waals surface area contributed by atoms with Crippen molar-refractivity contribution in [1.82, 2.24) is 0 Å². The predicted molar refractivity (Wildman–Crippen MR) is 99.9 cm³/mol. The van der Waals surface area contributed by atoms with Crippen molar-refractivity contribution < 1.29 is 31.2 Å². The van der Waals surface area contributed by atoms with Gasteiger partial charge in [0.15, 0.2) is 24.2 Å². The van der Waals surface area contributed by atoms with Crippen LogP contribution in [-0.4, -0.2) is 13.9 Å². The van der Waals surface area contributed by atoms with Gasteiger partial charge in [-0.15, -0.1) is 0 Å². The Morgan fingerprint density at radius 3 is 2.70 bits per heavy atom. The number of methoxy groups -OCH3 is 1. The number of pyridine rings is 1. The second-order valence-corrected chi connectivity index (χ2v) is 6.87. The van der Waals surface area contributed by atoms with E-state index in [4.69, 9.17) is 19.9 Å². The molecule has 5 nitrogen and oxygen atoms in total. The summed E-state index contributed by atoms with van der Waals surface area (Å²) < 4.78 is 19.1. The Labute approximate surface area is 161 Å². The molecule has 27 heavy (non-hydrogen) atoms. The van der Waals surface area contributed by atoms with E-state index >= 15 is 0 Å². The SMILES string of the molecule is COc1ccc2c(c[n+]3c4c2ccc2c5c(cc(c24)CC3)OCO5)c1N.[Cl-]. The summed E-state index contributed by atoms with van der Waals surface area (Å²) in [4.78, 5) is 0. The lowest BCUT2D eigenvalue weighted by molar-refractivity contribution is -0.670. The lowest BCUT2D eigenvalue weighted by Crippen LogP contribution is -3.00. The first-order valence-electron chi connectivity index (χ1n) is 8.73. The van der Waals surface area contributed by atoms with E-state index in [0.29, 0.717) is 18.2 Å². The number of ether oxygens (including phenoxy) is 3. The van der Waals surface area contributed by atoms with Crippen molar-refractivity contribution in [3.8, 4) is 17.2 Å². The van der Waals surface area contributed by atoms with Gasteiger partial charge in [0, 0.05) is 17.2 Å². The number of nitrogen functional groups attached to an aromatic ring is 1. The van der Waals surface area contributed by atoms with Gasteiger partial charge in [0.05, 0.1) is 29.0 Å². The van der Waals surface area contributed by atoms with Gasteiger partial charge in [0.25, 0.3) is 0 Å². The van der Waals surface area contributed by atoms with Crippen molar-refractivity contribution in [2.75, 3.05) is 19.6 Å². The number of hydrogen-bond acceptors (Lipinski definition) is 4. The van der Waals surface area contributed by atoms with Crippen molar-refractivity contribution in [2.45, 2.75) is 13.0 Å². The van der Waals surface area contributed by atoms with Crippen LogP contribution in [0.15, 0.2) is 36.5 Å². The molecule has 136 valence electrons. The van der Waals surface area contributed by atoms with Crippen LogP contribution in [0.1, 0.15) is 5.56 Å². The maximum absolute atomic E-state index is 6.37. The first kappa shape index (κ1) is 16.3. The maximum Gasteiger partial charge on any atom is 0.231 e. The average molecular weight is 381 g/mol. The zero-order valence-corrected chi connectivity index (χ0v) is 15.5. The van der Waals surface area contributed by atoms with Crippen LogP contribution in [0.25, 0.3) is 32.4 Å². The van der Waals surface area contributed by atoms with Crippen molar-refractivity contribution in [3.05, 3.63) is 42.1 Å².